The van der Waals surface area contributed by atoms with Crippen LogP contribution in [-0.4, -0.2) is 43.9 Å². The average molecular weight is 412 g/mol. The van der Waals surface area contributed by atoms with Gasteiger partial charge < -0.3 is 25.2 Å². The highest BCUT2D eigenvalue weighted by atomic mass is 19.4. The second kappa shape index (κ2) is 8.82. The van der Waals surface area contributed by atoms with Gasteiger partial charge in [0.25, 0.3) is 0 Å². The van der Waals surface area contributed by atoms with Gasteiger partial charge in [-0.25, -0.2) is 0 Å². The summed E-state index contributed by atoms with van der Waals surface area (Å²) in [6, 6.07) is 10.6. The Hall–Kier alpha value is -3.27. The lowest BCUT2D eigenvalue weighted by Gasteiger charge is -2.31. The van der Waals surface area contributed by atoms with Crippen LogP contribution in [0, 0.1) is 0 Å². The van der Waals surface area contributed by atoms with Crippen LogP contribution in [-0.2, 0) is 15.2 Å². The lowest BCUT2D eigenvalue weighted by molar-refractivity contribution is -0.264. The molecule has 0 saturated heterocycles. The molecule has 3 N–H and O–H groups in total. The molecule has 0 heterocycles. The summed E-state index contributed by atoms with van der Waals surface area (Å²) in [6.45, 7) is -1.24. The van der Waals surface area contributed by atoms with Crippen LogP contribution < -0.4 is 20.1 Å². The molecule has 29 heavy (non-hydrogen) atoms. The van der Waals surface area contributed by atoms with E-state index in [1.165, 1.54) is 50.6 Å². The summed E-state index contributed by atoms with van der Waals surface area (Å²) in [6.07, 6.45) is -5.09. The molecule has 0 aliphatic heterocycles. The van der Waals surface area contributed by atoms with Crippen LogP contribution in [0.2, 0.25) is 0 Å². The SMILES string of the molecule is COc1ccc(NC(=O)C(=O)NCC(O)(c2ccccc2)C(F)(F)F)c(OC)c1. The zero-order chi connectivity index (χ0) is 21.7. The van der Waals surface area contributed by atoms with Crippen molar-refractivity contribution in [2.24, 2.45) is 0 Å². The van der Waals surface area contributed by atoms with E-state index in [0.29, 0.717) is 5.75 Å². The first-order valence-corrected chi connectivity index (χ1v) is 8.28. The number of amides is 2. The number of hydrogen-bond acceptors (Lipinski definition) is 5. The maximum atomic E-state index is 13.4. The Morgan fingerprint density at radius 3 is 2.21 bits per heavy atom. The van der Waals surface area contributed by atoms with E-state index >= 15 is 0 Å². The van der Waals surface area contributed by atoms with Crippen molar-refractivity contribution in [3.8, 4) is 11.5 Å². The fraction of sp³-hybridized carbons (Fsp3) is 0.263. The van der Waals surface area contributed by atoms with Gasteiger partial charge >= 0.3 is 18.0 Å². The summed E-state index contributed by atoms with van der Waals surface area (Å²) in [5.74, 6) is -1.98. The number of ether oxygens (including phenoxy) is 2. The third kappa shape index (κ3) is 4.96. The fourth-order valence-electron chi connectivity index (χ4n) is 2.45. The van der Waals surface area contributed by atoms with Crippen molar-refractivity contribution in [2.75, 3.05) is 26.1 Å². The first kappa shape index (κ1) is 22.0. The number of methoxy groups -OCH3 is 2. The van der Waals surface area contributed by atoms with Crippen LogP contribution in [0.25, 0.3) is 0 Å². The molecular weight excluding hydrogens is 393 g/mol. The minimum atomic E-state index is -5.09. The Labute approximate surface area is 164 Å². The topological polar surface area (TPSA) is 96.9 Å². The average Bonchev–Trinajstić information content (AvgIpc) is 2.71. The summed E-state index contributed by atoms with van der Waals surface area (Å²) < 4.78 is 50.4. The van der Waals surface area contributed by atoms with Crippen molar-refractivity contribution < 1.29 is 37.3 Å². The van der Waals surface area contributed by atoms with Gasteiger partial charge in [-0.1, -0.05) is 30.3 Å². The second-order valence-electron chi connectivity index (χ2n) is 5.93. The predicted octanol–water partition coefficient (Wildman–Crippen LogP) is 2.21. The first-order chi connectivity index (χ1) is 13.6. The molecule has 2 aromatic carbocycles. The van der Waals surface area contributed by atoms with Crippen LogP contribution in [0.15, 0.2) is 48.5 Å². The van der Waals surface area contributed by atoms with Crippen LogP contribution in [0.1, 0.15) is 5.56 Å². The Morgan fingerprint density at radius 2 is 1.66 bits per heavy atom. The van der Waals surface area contributed by atoms with Crippen molar-refractivity contribution in [3.63, 3.8) is 0 Å². The van der Waals surface area contributed by atoms with E-state index in [0.717, 1.165) is 12.1 Å². The molecule has 1 atom stereocenters. The molecule has 0 aromatic heterocycles. The zero-order valence-electron chi connectivity index (χ0n) is 15.5. The monoisotopic (exact) mass is 412 g/mol. The number of rotatable bonds is 6. The number of halogens is 3. The lowest BCUT2D eigenvalue weighted by Crippen LogP contribution is -2.52. The van der Waals surface area contributed by atoms with Crippen molar-refractivity contribution in [1.29, 1.82) is 0 Å². The van der Waals surface area contributed by atoms with Gasteiger partial charge in [0, 0.05) is 6.07 Å². The van der Waals surface area contributed by atoms with Gasteiger partial charge in [0.1, 0.15) is 11.5 Å². The highest BCUT2D eigenvalue weighted by Crippen LogP contribution is 2.38. The Morgan fingerprint density at radius 1 is 1.00 bits per heavy atom. The molecule has 2 aromatic rings. The molecule has 10 heteroatoms. The number of nitrogens with one attached hydrogen (secondary N) is 2. The van der Waals surface area contributed by atoms with Crippen molar-refractivity contribution in [2.45, 2.75) is 11.8 Å². The smallest absolute Gasteiger partial charge is 0.423 e. The molecule has 2 amide bonds. The standard InChI is InChI=1S/C19H19F3N2O5/c1-28-13-8-9-14(15(10-13)29-2)24-17(26)16(25)23-11-18(27,19(20,21)22)12-6-4-3-5-7-12/h3-10,27H,11H2,1-2H3,(H,23,25)(H,24,26). The molecule has 0 aliphatic carbocycles. The van der Waals surface area contributed by atoms with Gasteiger partial charge in [-0.05, 0) is 17.7 Å². The number of alkyl halides is 3. The summed E-state index contributed by atoms with van der Waals surface area (Å²) in [5, 5.41) is 14.2. The van der Waals surface area contributed by atoms with Crippen molar-refractivity contribution in [3.05, 3.63) is 54.1 Å². The number of benzene rings is 2. The van der Waals surface area contributed by atoms with Crippen molar-refractivity contribution in [1.82, 2.24) is 5.32 Å². The van der Waals surface area contributed by atoms with E-state index < -0.39 is 35.7 Å². The van der Waals surface area contributed by atoms with Crippen LogP contribution in [0.3, 0.4) is 0 Å². The molecular formula is C19H19F3N2O5. The highest BCUT2D eigenvalue weighted by Gasteiger charge is 2.55. The largest absolute Gasteiger partial charge is 0.497 e. The molecule has 0 bridgehead atoms. The predicted molar refractivity (Wildman–Crippen MR) is 97.6 cm³/mol. The van der Waals surface area contributed by atoms with E-state index in [2.05, 4.69) is 5.32 Å². The molecule has 156 valence electrons. The van der Waals surface area contributed by atoms with Crippen LogP contribution in [0.5, 0.6) is 11.5 Å². The quantitative estimate of drug-likeness (QED) is 0.633. The van der Waals surface area contributed by atoms with Gasteiger partial charge in [-0.3, -0.25) is 9.59 Å². The number of anilines is 1. The van der Waals surface area contributed by atoms with Gasteiger partial charge in [0.2, 0.25) is 5.60 Å². The summed E-state index contributed by atoms with van der Waals surface area (Å²) in [5.41, 5.74) is -3.71. The molecule has 0 aliphatic rings. The third-order valence-electron chi connectivity index (χ3n) is 4.09. The van der Waals surface area contributed by atoms with Gasteiger partial charge in [-0.2, -0.15) is 13.2 Å². The Kier molecular flexibility index (Phi) is 6.70. The molecule has 0 fully saturated rings. The number of carbonyl (C=O) groups excluding carboxylic acids is 2. The fourth-order valence-corrected chi connectivity index (χ4v) is 2.45. The lowest BCUT2D eigenvalue weighted by atomic mass is 9.93. The number of aliphatic hydroxyl groups is 1. The van der Waals surface area contributed by atoms with Gasteiger partial charge in [0.15, 0.2) is 0 Å². The Bertz CT molecular complexity index is 874. The number of carbonyl (C=O) groups is 2. The molecule has 0 radical (unpaired) electrons. The summed E-state index contributed by atoms with van der Waals surface area (Å²) in [7, 11) is 2.75. The number of hydrogen-bond donors (Lipinski definition) is 3. The highest BCUT2D eigenvalue weighted by molar-refractivity contribution is 6.39. The maximum absolute atomic E-state index is 13.4. The molecule has 2 rings (SSSR count). The second-order valence-corrected chi connectivity index (χ2v) is 5.93. The Balaban J connectivity index is 2.12. The summed E-state index contributed by atoms with van der Waals surface area (Å²) >= 11 is 0. The normalized spacial score (nSPS) is 13.2. The van der Waals surface area contributed by atoms with E-state index in [-0.39, 0.29) is 11.4 Å². The zero-order valence-corrected chi connectivity index (χ0v) is 15.5. The van der Waals surface area contributed by atoms with Crippen molar-refractivity contribution >= 4 is 17.5 Å². The van der Waals surface area contributed by atoms with Gasteiger partial charge in [0.05, 0.1) is 26.5 Å². The minimum absolute atomic E-state index is 0.114. The van der Waals surface area contributed by atoms with Crippen LogP contribution >= 0.6 is 0 Å². The van der Waals surface area contributed by atoms with Crippen LogP contribution in [0.4, 0.5) is 18.9 Å². The van der Waals surface area contributed by atoms with E-state index in [1.807, 2.05) is 5.32 Å². The maximum Gasteiger partial charge on any atom is 0.423 e. The van der Waals surface area contributed by atoms with E-state index in [9.17, 15) is 27.9 Å². The molecule has 1 unspecified atom stereocenters. The molecule has 0 spiro atoms. The molecule has 7 nitrogen and oxygen atoms in total. The van der Waals surface area contributed by atoms with E-state index in [4.69, 9.17) is 9.47 Å². The minimum Gasteiger partial charge on any atom is -0.497 e. The van der Waals surface area contributed by atoms with Gasteiger partial charge in [-0.15, -0.1) is 0 Å². The van der Waals surface area contributed by atoms with E-state index in [1.54, 1.807) is 0 Å². The summed E-state index contributed by atoms with van der Waals surface area (Å²) in [4.78, 5) is 24.1. The third-order valence-corrected chi connectivity index (χ3v) is 4.09. The molecule has 0 saturated carbocycles. The first-order valence-electron chi connectivity index (χ1n) is 8.28.